The molecule has 0 unspecified atom stereocenters. The van der Waals surface area contributed by atoms with Crippen LogP contribution in [0.1, 0.15) is 9.81 Å². The van der Waals surface area contributed by atoms with E-state index in [1.54, 1.807) is 18.6 Å². The number of nitrogens with zero attached hydrogens (tertiary/aromatic N) is 5. The molecule has 5 heterocycles. The van der Waals surface area contributed by atoms with Crippen molar-refractivity contribution in [1.29, 1.82) is 0 Å². The zero-order valence-corrected chi connectivity index (χ0v) is 11.4. The Morgan fingerprint density at radius 2 is 2.24 bits per heavy atom. The monoisotopic (exact) mass is 279 g/mol. The van der Waals surface area contributed by atoms with Crippen molar-refractivity contribution in [2.45, 2.75) is 6.54 Å². The first-order chi connectivity index (χ1) is 11.5. The molecule has 0 bridgehead atoms. The fourth-order valence-corrected chi connectivity index (χ4v) is 3.44. The lowest BCUT2D eigenvalue weighted by Gasteiger charge is -1.97. The largest absolute Gasteiger partial charge is 0.269 e. The first-order valence-corrected chi connectivity index (χ1v) is 6.80. The molecule has 0 saturated carbocycles. The van der Waals surface area contributed by atoms with Gasteiger partial charge in [0, 0.05) is 18.6 Å². The van der Waals surface area contributed by atoms with E-state index in [0.717, 1.165) is 27.8 Å². The van der Waals surface area contributed by atoms with E-state index in [9.17, 15) is 0 Å². The van der Waals surface area contributed by atoms with E-state index in [4.69, 9.17) is 4.11 Å². The van der Waals surface area contributed by atoms with Crippen LogP contribution in [0, 0.1) is 0 Å². The van der Waals surface area contributed by atoms with E-state index < -0.39 is 6.98 Å². The molecule has 0 aromatic carbocycles. The number of imidazole rings is 1. The molecule has 0 atom stereocenters. The van der Waals surface area contributed by atoms with Crippen LogP contribution in [0.2, 0.25) is 0 Å². The Hall–Kier alpha value is -2.69. The minimum Gasteiger partial charge on any atom is -0.264 e. The summed E-state index contributed by atoms with van der Waals surface area (Å²) in [6, 6.07) is 5.69. The molecule has 5 rings (SSSR count). The van der Waals surface area contributed by atoms with Gasteiger partial charge in [-0.1, -0.05) is 0 Å². The van der Waals surface area contributed by atoms with Gasteiger partial charge in [-0.3, -0.25) is 19.1 Å². The first-order valence-electron chi connectivity index (χ1n) is 8.30. The predicted octanol–water partition coefficient (Wildman–Crippen LogP) is 1.78. The first kappa shape index (κ1) is 8.56. The van der Waals surface area contributed by atoms with Gasteiger partial charge in [-0.15, -0.1) is 0 Å². The fraction of sp³-hybridized carbons (Fsp3) is 0.188. The Labute approximate surface area is 125 Å². The maximum Gasteiger partial charge on any atom is 0.269 e. The summed E-state index contributed by atoms with van der Waals surface area (Å²) in [7, 11) is 1.96. The van der Waals surface area contributed by atoms with Crippen molar-refractivity contribution in [3.63, 3.8) is 0 Å². The average molecular weight is 279 g/mol. The lowest BCUT2D eigenvalue weighted by atomic mass is 10.2. The SMILES string of the molecule is [2H]C([2H])([2H])n1c2[n+](c3c1c1cnccc1n3C)Cc1ncccc1-2. The molecule has 0 spiro atoms. The lowest BCUT2D eigenvalue weighted by Crippen LogP contribution is -2.33. The zero-order valence-electron chi connectivity index (χ0n) is 14.4. The van der Waals surface area contributed by atoms with Crippen molar-refractivity contribution in [2.75, 3.05) is 0 Å². The van der Waals surface area contributed by atoms with Crippen LogP contribution in [-0.2, 0) is 20.6 Å². The minimum atomic E-state index is -2.29. The fourth-order valence-electron chi connectivity index (χ4n) is 3.44. The minimum absolute atomic E-state index is 0.572. The number of rotatable bonds is 0. The van der Waals surface area contributed by atoms with Gasteiger partial charge in [0.15, 0.2) is 5.52 Å². The highest BCUT2D eigenvalue weighted by molar-refractivity contribution is 6.04. The van der Waals surface area contributed by atoms with E-state index in [1.807, 2.05) is 34.4 Å². The Balaban J connectivity index is 2.05. The molecule has 0 radical (unpaired) electrons. The molecule has 0 saturated heterocycles. The van der Waals surface area contributed by atoms with Gasteiger partial charge in [-0.25, -0.2) is 4.57 Å². The molecule has 4 aromatic heterocycles. The highest BCUT2D eigenvalue weighted by Gasteiger charge is 2.34. The average Bonchev–Trinajstić information content (AvgIpc) is 3.15. The van der Waals surface area contributed by atoms with E-state index in [0.29, 0.717) is 17.9 Å². The standard InChI is InChI=1S/C16H14N5/c1-19-13-5-7-17-8-11(13)14-16(19)21-9-12-10(4-3-6-18-12)15(21)20(14)2/h3-8H,9H2,1-2H3/q+1/i2D3. The summed E-state index contributed by atoms with van der Waals surface area (Å²) in [5, 5.41) is 0.846. The Kier molecular flexibility index (Phi) is 1.42. The second-order valence-corrected chi connectivity index (χ2v) is 5.37. The molecule has 5 heteroatoms. The molecule has 0 aliphatic carbocycles. The summed E-state index contributed by atoms with van der Waals surface area (Å²) in [5.74, 6) is 0.685. The van der Waals surface area contributed by atoms with Gasteiger partial charge < -0.3 is 0 Å². The van der Waals surface area contributed by atoms with Crippen LogP contribution in [0.4, 0.5) is 0 Å². The summed E-state index contributed by atoms with van der Waals surface area (Å²) in [6.45, 7) is -1.72. The predicted molar refractivity (Wildman–Crippen MR) is 79.7 cm³/mol. The molecule has 21 heavy (non-hydrogen) atoms. The van der Waals surface area contributed by atoms with Crippen LogP contribution in [0.5, 0.6) is 0 Å². The van der Waals surface area contributed by atoms with E-state index in [-0.39, 0.29) is 0 Å². The summed E-state index contributed by atoms with van der Waals surface area (Å²) in [6.07, 6.45) is 5.20. The van der Waals surface area contributed by atoms with Crippen LogP contribution < -0.4 is 4.57 Å². The van der Waals surface area contributed by atoms with E-state index in [2.05, 4.69) is 9.97 Å². The summed E-state index contributed by atoms with van der Waals surface area (Å²) >= 11 is 0. The number of hydrogen-bond donors (Lipinski definition) is 0. The topological polar surface area (TPSA) is 39.5 Å². The Morgan fingerprint density at radius 3 is 3.14 bits per heavy atom. The maximum absolute atomic E-state index is 8.10. The van der Waals surface area contributed by atoms with Gasteiger partial charge in [0.2, 0.25) is 5.82 Å². The quantitative estimate of drug-likeness (QED) is 0.405. The molecule has 5 nitrogen and oxygen atoms in total. The molecule has 1 aliphatic rings. The third kappa shape index (κ3) is 1.15. The third-order valence-corrected chi connectivity index (χ3v) is 4.33. The van der Waals surface area contributed by atoms with Gasteiger partial charge >= 0.3 is 0 Å². The summed E-state index contributed by atoms with van der Waals surface area (Å²) < 4.78 is 29.8. The molecular formula is C16H14N5+. The second kappa shape index (κ2) is 3.49. The Bertz CT molecular complexity index is 1140. The van der Waals surface area contributed by atoms with Gasteiger partial charge in [-0.2, -0.15) is 0 Å². The van der Waals surface area contributed by atoms with Crippen molar-refractivity contribution in [3.8, 4) is 11.4 Å². The molecule has 102 valence electrons. The lowest BCUT2D eigenvalue weighted by molar-refractivity contribution is -0.649. The van der Waals surface area contributed by atoms with E-state index in [1.165, 1.54) is 4.57 Å². The van der Waals surface area contributed by atoms with Gasteiger partial charge in [0.05, 0.1) is 34.8 Å². The molecular weight excluding hydrogens is 262 g/mol. The van der Waals surface area contributed by atoms with E-state index >= 15 is 0 Å². The molecule has 0 fully saturated rings. The summed E-state index contributed by atoms with van der Waals surface area (Å²) in [4.78, 5) is 8.61. The van der Waals surface area contributed by atoms with Gasteiger partial charge in [0.1, 0.15) is 12.1 Å². The highest BCUT2D eigenvalue weighted by atomic mass is 15.2. The smallest absolute Gasteiger partial charge is 0.264 e. The van der Waals surface area contributed by atoms with Crippen molar-refractivity contribution in [1.82, 2.24) is 19.1 Å². The second-order valence-electron chi connectivity index (χ2n) is 5.37. The van der Waals surface area contributed by atoms with Crippen molar-refractivity contribution in [2.24, 2.45) is 14.0 Å². The van der Waals surface area contributed by atoms with Crippen LogP contribution in [0.15, 0.2) is 36.8 Å². The molecule has 0 amide bonds. The van der Waals surface area contributed by atoms with Crippen LogP contribution >= 0.6 is 0 Å². The van der Waals surface area contributed by atoms with Crippen LogP contribution in [0.25, 0.3) is 33.5 Å². The van der Waals surface area contributed by atoms with Crippen LogP contribution in [0.3, 0.4) is 0 Å². The number of aryl methyl sites for hydroxylation is 2. The van der Waals surface area contributed by atoms with Crippen molar-refractivity contribution in [3.05, 3.63) is 42.5 Å². The highest BCUT2D eigenvalue weighted by Crippen LogP contribution is 2.33. The molecule has 4 aromatic rings. The summed E-state index contributed by atoms with van der Waals surface area (Å²) in [5.41, 5.74) is 4.32. The van der Waals surface area contributed by atoms with Gasteiger partial charge in [-0.05, 0) is 18.2 Å². The number of pyridine rings is 2. The number of aromatic nitrogens is 5. The maximum atomic E-state index is 8.10. The third-order valence-electron chi connectivity index (χ3n) is 4.33. The number of hydrogen-bond acceptors (Lipinski definition) is 2. The van der Waals surface area contributed by atoms with Crippen molar-refractivity contribution >= 4 is 22.1 Å². The normalized spacial score (nSPS) is 15.8. The van der Waals surface area contributed by atoms with Crippen molar-refractivity contribution < 1.29 is 8.68 Å². The Morgan fingerprint density at radius 1 is 1.29 bits per heavy atom. The van der Waals surface area contributed by atoms with Gasteiger partial charge in [0.25, 0.3) is 5.65 Å². The molecule has 1 aliphatic heterocycles. The molecule has 0 N–H and O–H groups in total. The zero-order chi connectivity index (χ0) is 16.6. The number of fused-ring (bicyclic) bond motifs is 7. The van der Waals surface area contributed by atoms with Crippen LogP contribution in [-0.4, -0.2) is 19.1 Å².